The lowest BCUT2D eigenvalue weighted by atomic mass is 10.0. The molecule has 0 spiro atoms. The molecular weight excluding hydrogens is 386 g/mol. The number of ether oxygens (including phenoxy) is 1. The zero-order valence-electron chi connectivity index (χ0n) is 18.0. The summed E-state index contributed by atoms with van der Waals surface area (Å²) in [6.07, 6.45) is 2.26. The molecule has 2 heterocycles. The zero-order chi connectivity index (χ0) is 20.6. The molecule has 2 aliphatic heterocycles. The number of hydrogen-bond acceptors (Lipinski definition) is 4. The molecule has 2 saturated heterocycles. The van der Waals surface area contributed by atoms with Crippen LogP contribution in [0.4, 0.5) is 0 Å². The van der Waals surface area contributed by atoms with Gasteiger partial charge in [0.15, 0.2) is 5.96 Å². The number of nitrogens with one attached hydrogen (secondary N) is 2. The quantitative estimate of drug-likeness (QED) is 0.546. The van der Waals surface area contributed by atoms with Crippen molar-refractivity contribution in [3.8, 4) is 0 Å². The number of halogens is 1. The molecule has 0 bridgehead atoms. The van der Waals surface area contributed by atoms with Crippen LogP contribution >= 0.6 is 11.6 Å². The van der Waals surface area contributed by atoms with Crippen LogP contribution in [0.5, 0.6) is 0 Å². The van der Waals surface area contributed by atoms with Crippen molar-refractivity contribution >= 4 is 17.6 Å². The lowest BCUT2D eigenvalue weighted by molar-refractivity contribution is -0.0174. The third kappa shape index (κ3) is 6.85. The summed E-state index contributed by atoms with van der Waals surface area (Å²) < 4.78 is 5.55. The number of benzene rings is 1. The third-order valence-electron chi connectivity index (χ3n) is 6.02. The highest BCUT2D eigenvalue weighted by Gasteiger charge is 2.24. The van der Waals surface area contributed by atoms with E-state index in [0.717, 1.165) is 69.8 Å². The van der Waals surface area contributed by atoms with Gasteiger partial charge >= 0.3 is 0 Å². The Labute approximate surface area is 180 Å². The molecule has 0 aromatic heterocycles. The van der Waals surface area contributed by atoms with Gasteiger partial charge in [0, 0.05) is 62.9 Å². The van der Waals surface area contributed by atoms with Crippen LogP contribution in [0.2, 0.25) is 5.02 Å². The summed E-state index contributed by atoms with van der Waals surface area (Å²) in [6.45, 7) is 11.2. The number of likely N-dealkylation sites (tertiary alicyclic amines) is 1. The number of guanidine groups is 1. The van der Waals surface area contributed by atoms with Gasteiger partial charge in [0.05, 0.1) is 13.2 Å². The van der Waals surface area contributed by atoms with Gasteiger partial charge in [-0.1, -0.05) is 23.7 Å². The topological polar surface area (TPSA) is 52.1 Å². The molecule has 6 nitrogen and oxygen atoms in total. The summed E-state index contributed by atoms with van der Waals surface area (Å²) in [7, 11) is 1.85. The van der Waals surface area contributed by atoms with Crippen molar-refractivity contribution in [3.63, 3.8) is 0 Å². The largest absolute Gasteiger partial charge is 0.379 e. The Hall–Kier alpha value is -1.34. The predicted octanol–water partition coefficient (Wildman–Crippen LogP) is 2.58. The maximum atomic E-state index is 5.98. The van der Waals surface area contributed by atoms with Gasteiger partial charge < -0.3 is 15.4 Å². The Bertz CT molecular complexity index is 645. The Morgan fingerprint density at radius 1 is 1.24 bits per heavy atom. The fraction of sp³-hybridized carbons (Fsp3) is 0.682. The highest BCUT2D eigenvalue weighted by Crippen LogP contribution is 2.16. The molecule has 0 radical (unpaired) electrons. The second-order valence-corrected chi connectivity index (χ2v) is 8.72. The molecule has 1 aromatic rings. The molecule has 2 aliphatic rings. The van der Waals surface area contributed by atoms with Crippen LogP contribution in [0.3, 0.4) is 0 Å². The lowest BCUT2D eigenvalue weighted by Gasteiger charge is -2.38. The SMILES string of the molecule is CN=C(NCC(C)N1CCOCC1C)NC1CCN(Cc2ccc(Cl)cc2)CC1. The normalized spacial score (nSPS) is 23.7. The average Bonchev–Trinajstić information content (AvgIpc) is 2.74. The van der Waals surface area contributed by atoms with E-state index in [-0.39, 0.29) is 0 Å². The Balaban J connectivity index is 1.38. The van der Waals surface area contributed by atoms with E-state index < -0.39 is 0 Å². The molecule has 0 aliphatic carbocycles. The van der Waals surface area contributed by atoms with Crippen molar-refractivity contribution in [3.05, 3.63) is 34.9 Å². The average molecular weight is 422 g/mol. The van der Waals surface area contributed by atoms with Crippen molar-refractivity contribution in [2.45, 2.75) is 51.4 Å². The number of hydrogen-bond donors (Lipinski definition) is 2. The first-order chi connectivity index (χ1) is 14.0. The van der Waals surface area contributed by atoms with Gasteiger partial charge in [-0.2, -0.15) is 0 Å². The lowest BCUT2D eigenvalue weighted by Crippen LogP contribution is -2.54. The fourth-order valence-corrected chi connectivity index (χ4v) is 4.35. The molecule has 2 atom stereocenters. The highest BCUT2D eigenvalue weighted by atomic mass is 35.5. The molecule has 2 fully saturated rings. The van der Waals surface area contributed by atoms with E-state index in [1.54, 1.807) is 0 Å². The van der Waals surface area contributed by atoms with E-state index in [0.29, 0.717) is 18.1 Å². The van der Waals surface area contributed by atoms with E-state index in [1.165, 1.54) is 5.56 Å². The molecular formula is C22H36ClN5O. The maximum Gasteiger partial charge on any atom is 0.191 e. The summed E-state index contributed by atoms with van der Waals surface area (Å²) >= 11 is 5.98. The first-order valence-electron chi connectivity index (χ1n) is 10.8. The monoisotopic (exact) mass is 421 g/mol. The van der Waals surface area contributed by atoms with Gasteiger partial charge in [-0.25, -0.2) is 0 Å². The Morgan fingerprint density at radius 3 is 2.62 bits per heavy atom. The number of rotatable bonds is 6. The highest BCUT2D eigenvalue weighted by molar-refractivity contribution is 6.30. The molecule has 3 rings (SSSR count). The molecule has 0 saturated carbocycles. The Kier molecular flexibility index (Phi) is 8.60. The number of piperidine rings is 1. The van der Waals surface area contributed by atoms with Crippen molar-refractivity contribution in [2.24, 2.45) is 4.99 Å². The number of aliphatic imine (C=N–C) groups is 1. The van der Waals surface area contributed by atoms with Gasteiger partial charge in [-0.05, 0) is 44.4 Å². The first kappa shape index (κ1) is 22.3. The zero-order valence-corrected chi connectivity index (χ0v) is 18.8. The van der Waals surface area contributed by atoms with E-state index in [4.69, 9.17) is 16.3 Å². The number of morpholine rings is 1. The van der Waals surface area contributed by atoms with Gasteiger partial charge in [0.2, 0.25) is 0 Å². The van der Waals surface area contributed by atoms with Crippen LogP contribution in [0, 0.1) is 0 Å². The van der Waals surface area contributed by atoms with E-state index in [1.807, 2.05) is 19.2 Å². The van der Waals surface area contributed by atoms with E-state index in [2.05, 4.69) is 51.4 Å². The minimum Gasteiger partial charge on any atom is -0.379 e. The van der Waals surface area contributed by atoms with Crippen LogP contribution < -0.4 is 10.6 Å². The summed E-state index contributed by atoms with van der Waals surface area (Å²) in [5, 5.41) is 7.94. The van der Waals surface area contributed by atoms with Gasteiger partial charge in [-0.15, -0.1) is 0 Å². The summed E-state index contributed by atoms with van der Waals surface area (Å²) in [6, 6.07) is 9.58. The minimum absolute atomic E-state index is 0.452. The van der Waals surface area contributed by atoms with Crippen LogP contribution in [-0.2, 0) is 11.3 Å². The van der Waals surface area contributed by atoms with Crippen LogP contribution in [-0.4, -0.2) is 80.3 Å². The fourth-order valence-electron chi connectivity index (χ4n) is 4.23. The summed E-state index contributed by atoms with van der Waals surface area (Å²) in [5.74, 6) is 0.911. The van der Waals surface area contributed by atoms with Gasteiger partial charge in [0.25, 0.3) is 0 Å². The molecule has 2 N–H and O–H groups in total. The molecule has 2 unspecified atom stereocenters. The molecule has 1 aromatic carbocycles. The van der Waals surface area contributed by atoms with Gasteiger partial charge in [-0.3, -0.25) is 14.8 Å². The Morgan fingerprint density at radius 2 is 1.97 bits per heavy atom. The molecule has 162 valence electrons. The van der Waals surface area contributed by atoms with Crippen molar-refractivity contribution in [1.29, 1.82) is 0 Å². The smallest absolute Gasteiger partial charge is 0.191 e. The van der Waals surface area contributed by atoms with Crippen molar-refractivity contribution in [2.75, 3.05) is 46.4 Å². The van der Waals surface area contributed by atoms with E-state index in [9.17, 15) is 0 Å². The summed E-state index contributed by atoms with van der Waals surface area (Å²) in [4.78, 5) is 9.46. The second-order valence-electron chi connectivity index (χ2n) is 8.29. The second kappa shape index (κ2) is 11.2. The maximum absolute atomic E-state index is 5.98. The van der Waals surface area contributed by atoms with Crippen molar-refractivity contribution in [1.82, 2.24) is 20.4 Å². The van der Waals surface area contributed by atoms with Crippen LogP contribution in [0.25, 0.3) is 0 Å². The van der Waals surface area contributed by atoms with Crippen molar-refractivity contribution < 1.29 is 4.74 Å². The predicted molar refractivity (Wildman–Crippen MR) is 121 cm³/mol. The molecule has 0 amide bonds. The van der Waals surface area contributed by atoms with Crippen LogP contribution in [0.15, 0.2) is 29.3 Å². The van der Waals surface area contributed by atoms with Gasteiger partial charge in [0.1, 0.15) is 0 Å². The third-order valence-corrected chi connectivity index (χ3v) is 6.27. The number of nitrogens with zero attached hydrogens (tertiary/aromatic N) is 3. The molecule has 29 heavy (non-hydrogen) atoms. The molecule has 7 heteroatoms. The van der Waals surface area contributed by atoms with E-state index >= 15 is 0 Å². The summed E-state index contributed by atoms with van der Waals surface area (Å²) in [5.41, 5.74) is 1.32. The first-order valence-corrected chi connectivity index (χ1v) is 11.2. The standard InChI is InChI=1S/C22H36ClN5O/c1-17(28-12-13-29-16-18(28)2)14-25-22(24-3)26-21-8-10-27(11-9-21)15-19-4-6-20(23)7-5-19/h4-7,17-18,21H,8-16H2,1-3H3,(H2,24,25,26). The van der Waals surface area contributed by atoms with Crippen LogP contribution in [0.1, 0.15) is 32.3 Å². The minimum atomic E-state index is 0.452.